The fourth-order valence-electron chi connectivity index (χ4n) is 17.3. The molecule has 3 saturated carbocycles. The van der Waals surface area contributed by atoms with Crippen molar-refractivity contribution in [1.29, 1.82) is 0 Å². The van der Waals surface area contributed by atoms with Gasteiger partial charge in [-0.1, -0.05) is 102 Å². The van der Waals surface area contributed by atoms with Crippen molar-refractivity contribution < 1.29 is 19.2 Å². The van der Waals surface area contributed by atoms with E-state index in [0.29, 0.717) is 118 Å². The van der Waals surface area contributed by atoms with Crippen LogP contribution in [0, 0.1) is 23.7 Å². The maximum absolute atomic E-state index is 13.2. The summed E-state index contributed by atoms with van der Waals surface area (Å²) in [6, 6.07) is 39.2. The van der Waals surface area contributed by atoms with Gasteiger partial charge >= 0.3 is 24.1 Å². The lowest BCUT2D eigenvalue weighted by Gasteiger charge is -2.41. The zero-order valence-corrected chi connectivity index (χ0v) is 79.7. The molecule has 4 saturated heterocycles. The number of carbonyl (C=O) groups excluding carboxylic acids is 4. The molecule has 0 radical (unpaired) electrons. The van der Waals surface area contributed by atoms with Crippen molar-refractivity contribution in [2.24, 2.45) is 23.7 Å². The third kappa shape index (κ3) is 20.6. The Morgan fingerprint density at radius 3 is 1.30 bits per heavy atom. The Morgan fingerprint density at radius 2 is 0.841 bits per heavy atom. The summed E-state index contributed by atoms with van der Waals surface area (Å²) in [7, 11) is 3.66. The first-order valence-corrected chi connectivity index (χ1v) is 46.7. The minimum Gasteiger partial charge on any atom is -0.346 e. The molecule has 35 heteroatoms. The predicted octanol–water partition coefficient (Wildman–Crippen LogP) is 19.2. The van der Waals surface area contributed by atoms with Gasteiger partial charge in [-0.05, 0) is 224 Å². The molecule has 12 aromatic rings. The largest absolute Gasteiger partial charge is 0.346 e. The van der Waals surface area contributed by atoms with Crippen molar-refractivity contribution in [1.82, 2.24) is 97.7 Å². The molecule has 0 bridgehead atoms. The molecule has 8 aromatic heterocycles. The average Bonchev–Trinajstić information content (AvgIpc) is 1.68. The zero-order chi connectivity index (χ0) is 93.1. The fourth-order valence-corrected chi connectivity index (χ4v) is 17.7. The van der Waals surface area contributed by atoms with Crippen LogP contribution >= 0.6 is 34.8 Å². The molecule has 4 aromatic carbocycles. The van der Waals surface area contributed by atoms with Crippen LogP contribution in [0.1, 0.15) is 181 Å². The van der Waals surface area contributed by atoms with Gasteiger partial charge in [-0.3, -0.25) is 19.6 Å². The average molecular weight is 1850 g/mol. The lowest BCUT2D eigenvalue weighted by atomic mass is 9.74. The highest BCUT2D eigenvalue weighted by molar-refractivity contribution is 6.31. The SMILES string of the molecule is CC(C)[C@H]1CN(C)C(=O)N1c1ccnc(NC(C)(C)c2cn(-c3ccc(Cl)cc3)cn2)n1.CC(C)[C@H]1CN(C)C(=O)N1c1ccnc(NC2(c3cn(-c4cccc(C5CC5)c4)cn3)CCC2)n1.CC(C)[C@H]1CN(C2CC2)C(=O)N1c1ccnc(N[C@@H](C)c2cn(-c3ccc(Cl)cc3)cn2)n1.CCN1C[C@H](C(C)C)N(c2ccnc(N[C@@H](C)c3cn(-c4ccc(Cl)cc4)cn3)n2)C1=O. The second-order valence-electron chi connectivity index (χ2n) is 37.1. The van der Waals surface area contributed by atoms with Gasteiger partial charge in [0.25, 0.3) is 0 Å². The number of nitrogens with zero attached hydrogens (tertiary/aromatic N) is 24. The molecule has 0 unspecified atom stereocenters. The summed E-state index contributed by atoms with van der Waals surface area (Å²) < 4.78 is 7.95. The second kappa shape index (κ2) is 39.3. The lowest BCUT2D eigenvalue weighted by molar-refractivity contribution is 0.217. The van der Waals surface area contributed by atoms with Gasteiger partial charge in [0, 0.05) is 140 Å². The summed E-state index contributed by atoms with van der Waals surface area (Å²) in [5.74, 6) is 6.42. The highest BCUT2D eigenvalue weighted by Crippen LogP contribution is 2.45. The fraction of sp³-hybridized carbons (Fsp3) is 0.423. The maximum Gasteiger partial charge on any atom is 0.326 e. The van der Waals surface area contributed by atoms with Crippen LogP contribution in [-0.4, -0.2) is 199 Å². The molecule has 0 spiro atoms. The predicted molar refractivity (Wildman–Crippen MR) is 518 cm³/mol. The summed E-state index contributed by atoms with van der Waals surface area (Å²) in [5.41, 5.74) is 8.21. The first-order chi connectivity index (χ1) is 63.4. The summed E-state index contributed by atoms with van der Waals surface area (Å²) >= 11 is 18.0. The number of amides is 8. The molecule has 4 aliphatic heterocycles. The summed E-state index contributed by atoms with van der Waals surface area (Å²) in [5, 5.41) is 15.7. The van der Waals surface area contributed by atoms with Gasteiger partial charge < -0.3 is 59.1 Å². The number of benzene rings is 4. The Hall–Kier alpha value is -12.8. The van der Waals surface area contributed by atoms with Gasteiger partial charge in [0.05, 0.1) is 95.4 Å². The number of urea groups is 4. The van der Waals surface area contributed by atoms with E-state index < -0.39 is 5.54 Å². The Kier molecular flexibility index (Phi) is 27.5. The van der Waals surface area contributed by atoms with Crippen LogP contribution in [0.15, 0.2) is 196 Å². The van der Waals surface area contributed by atoms with Gasteiger partial charge in [0.1, 0.15) is 23.3 Å². The summed E-state index contributed by atoms with van der Waals surface area (Å²) in [6.07, 6.45) is 29.9. The Morgan fingerprint density at radius 1 is 0.432 bits per heavy atom. The van der Waals surface area contributed by atoms with Gasteiger partial charge in [0.15, 0.2) is 0 Å². The van der Waals surface area contributed by atoms with Crippen molar-refractivity contribution in [3.63, 3.8) is 0 Å². The van der Waals surface area contributed by atoms with E-state index in [1.165, 1.54) is 18.4 Å². The number of halogens is 3. The van der Waals surface area contributed by atoms with Crippen molar-refractivity contribution >= 4 is 106 Å². The number of likely N-dealkylation sites (N-methyl/N-ethyl adjacent to an activating group) is 3. The van der Waals surface area contributed by atoms with Gasteiger partial charge in [-0.15, -0.1) is 0 Å². The van der Waals surface area contributed by atoms with E-state index in [1.807, 2.05) is 192 Å². The minimum absolute atomic E-state index is 0.00870. The van der Waals surface area contributed by atoms with Crippen molar-refractivity contribution in [3.05, 3.63) is 240 Å². The first-order valence-electron chi connectivity index (χ1n) is 45.6. The van der Waals surface area contributed by atoms with Crippen LogP contribution in [-0.2, 0) is 11.1 Å². The van der Waals surface area contributed by atoms with E-state index in [1.54, 1.807) is 75.5 Å². The van der Waals surface area contributed by atoms with Gasteiger partial charge in [-0.2, -0.15) is 19.9 Å². The van der Waals surface area contributed by atoms with Crippen LogP contribution in [0.2, 0.25) is 15.1 Å². The van der Waals surface area contributed by atoms with E-state index in [-0.39, 0.29) is 65.9 Å². The van der Waals surface area contributed by atoms with E-state index in [4.69, 9.17) is 49.8 Å². The van der Waals surface area contributed by atoms with E-state index in [2.05, 4.69) is 157 Å². The monoisotopic (exact) mass is 1840 g/mol. The Bertz CT molecular complexity index is 6030. The molecule has 690 valence electrons. The molecule has 3 aliphatic carbocycles. The standard InChI is InChI=1S/C27H33N7O.C24H28ClN7O.2C23H28ClN7O/c1-18(2)22-15-32(3)26(35)34(22)24-10-13-28-25(30-24)31-27(11-5-12-27)23-16-33(17-29-23)21-7-4-6-20(14-21)19-8-9-19;1-15(2)21-13-31(19-8-9-19)24(33)32(21)22-10-11-26-23(29-22)28-16(3)20-12-30(14-27-20)18-6-4-17(25)5-7-18;1-15(2)18-12-29(5)22(32)31(18)20-10-11-25-21(27-20)28-23(3,4)19-13-30(14-26-19)17-8-6-16(24)7-9-17;1-5-29-13-20(15(2)3)31(23(29)32)21-10-11-25-22(28-21)27-16(4)19-12-30(14-26-19)18-8-6-17(24)7-9-18/h4,6-7,10,13-14,16-19,22H,5,8-9,11-12,15H2,1-3H3,(H,28,30,31);4-7,10-12,14-16,19,21H,8-9,13H2,1-3H3,(H,26,28,29);6-11,13-15,18H,12H2,1-5H3,(H,25,27,28);6-12,14-16,20H,5,13H2,1-4H3,(H,25,27,28)/t22-;16-,21+;18-;16-,20+/m1010/s1. The number of hydrogen-bond acceptors (Lipinski definition) is 20. The maximum atomic E-state index is 13.2. The van der Waals surface area contributed by atoms with E-state index in [9.17, 15) is 19.2 Å². The van der Waals surface area contributed by atoms with Crippen molar-refractivity contribution in [2.75, 3.05) is 87.7 Å². The quantitative estimate of drug-likeness (QED) is 0.0372. The number of carbonyl (C=O) groups is 4. The third-order valence-electron chi connectivity index (χ3n) is 25.7. The number of aromatic nitrogens is 16. The number of imidazole rings is 4. The van der Waals surface area contributed by atoms with Crippen LogP contribution in [0.3, 0.4) is 0 Å². The second-order valence-corrected chi connectivity index (χ2v) is 38.4. The molecule has 19 rings (SSSR count). The normalized spacial score (nSPS) is 18.8. The number of hydrogen-bond donors (Lipinski definition) is 4. The molecule has 132 heavy (non-hydrogen) atoms. The van der Waals surface area contributed by atoms with Gasteiger partial charge in [-0.25, -0.2) is 59.0 Å². The molecule has 32 nitrogen and oxygen atoms in total. The summed E-state index contributed by atoms with van der Waals surface area (Å²) in [4.78, 5) is 121. The van der Waals surface area contributed by atoms with Crippen molar-refractivity contribution in [3.8, 4) is 22.7 Å². The van der Waals surface area contributed by atoms with Crippen LogP contribution in [0.4, 0.5) is 66.2 Å². The highest BCUT2D eigenvalue weighted by Gasteiger charge is 2.48. The van der Waals surface area contributed by atoms with E-state index >= 15 is 0 Å². The number of anilines is 8. The zero-order valence-electron chi connectivity index (χ0n) is 77.4. The van der Waals surface area contributed by atoms with Gasteiger partial charge in [0.2, 0.25) is 23.8 Å². The van der Waals surface area contributed by atoms with E-state index in [0.717, 1.165) is 90.1 Å². The molecular formula is C97H117Cl3N28O4. The topological polar surface area (TPSA) is 317 Å². The third-order valence-corrected chi connectivity index (χ3v) is 26.4. The molecule has 7 aliphatic rings. The number of nitrogens with one attached hydrogen (secondary N) is 4. The minimum atomic E-state index is -0.542. The Labute approximate surface area is 786 Å². The van der Waals surface area contributed by atoms with Crippen LogP contribution < -0.4 is 40.9 Å². The van der Waals surface area contributed by atoms with Crippen LogP contribution in [0.5, 0.6) is 0 Å². The van der Waals surface area contributed by atoms with Crippen molar-refractivity contribution in [2.45, 2.75) is 194 Å². The first kappa shape index (κ1) is 92.5. The summed E-state index contributed by atoms with van der Waals surface area (Å²) in [6.45, 7) is 30.6. The smallest absolute Gasteiger partial charge is 0.326 e. The molecule has 7 fully saturated rings. The molecule has 4 N–H and O–H groups in total. The number of rotatable bonds is 27. The highest BCUT2D eigenvalue weighted by atomic mass is 35.5. The molecule has 8 amide bonds. The lowest BCUT2D eigenvalue weighted by Crippen LogP contribution is -2.43. The molecule has 12 heterocycles. The molecular weight excluding hydrogens is 1730 g/mol. The molecule has 6 atom stereocenters. The van der Waals surface area contributed by atoms with Crippen LogP contribution in [0.25, 0.3) is 22.7 Å². The Balaban J connectivity index is 0.000000129.